The van der Waals surface area contributed by atoms with E-state index in [9.17, 15) is 4.79 Å². The van der Waals surface area contributed by atoms with E-state index in [0.29, 0.717) is 42.6 Å². The summed E-state index contributed by atoms with van der Waals surface area (Å²) in [6.07, 6.45) is 3.22. The van der Waals surface area contributed by atoms with Crippen LogP contribution in [0.1, 0.15) is 22.3 Å². The molecule has 0 fully saturated rings. The lowest BCUT2D eigenvalue weighted by atomic mass is 10.1. The van der Waals surface area contributed by atoms with Gasteiger partial charge in [-0.2, -0.15) is 0 Å². The molecule has 0 saturated heterocycles. The Morgan fingerprint density at radius 1 is 1.00 bits per heavy atom. The van der Waals surface area contributed by atoms with Gasteiger partial charge in [0, 0.05) is 30.4 Å². The van der Waals surface area contributed by atoms with Crippen molar-refractivity contribution in [3.8, 4) is 22.8 Å². The fourth-order valence-electron chi connectivity index (χ4n) is 3.19. The average molecular weight is 508 g/mol. The summed E-state index contributed by atoms with van der Waals surface area (Å²) in [6, 6.07) is 15.1. The molecule has 0 unspecified atom stereocenters. The normalized spacial score (nSPS) is 9.85. The third kappa shape index (κ3) is 8.06. The van der Waals surface area contributed by atoms with Crippen molar-refractivity contribution in [2.45, 2.75) is 12.8 Å². The summed E-state index contributed by atoms with van der Waals surface area (Å²) in [4.78, 5) is 21.2. The molecule has 34 heavy (non-hydrogen) atoms. The smallest absolute Gasteiger partial charge is 0.251 e. The predicted molar refractivity (Wildman–Crippen MR) is 140 cm³/mol. The molecule has 0 aliphatic rings. The highest BCUT2D eigenvalue weighted by Crippen LogP contribution is 2.27. The maximum atomic E-state index is 12.3. The molecule has 0 saturated carbocycles. The number of anilines is 1. The fraction of sp³-hybridized carbons (Fsp3) is 0.292. The number of methoxy groups -OCH3 is 2. The molecule has 0 atom stereocenters. The van der Waals surface area contributed by atoms with Gasteiger partial charge in [-0.15, -0.1) is 24.8 Å². The number of hydrogen-bond donors (Lipinski definition) is 3. The third-order valence-electron chi connectivity index (χ3n) is 4.89. The second-order valence-corrected chi connectivity index (χ2v) is 7.11. The fourth-order valence-corrected chi connectivity index (χ4v) is 3.19. The number of aromatic nitrogens is 2. The topological polar surface area (TPSA) is 111 Å². The van der Waals surface area contributed by atoms with Gasteiger partial charge < -0.3 is 25.8 Å². The Labute approximate surface area is 212 Å². The summed E-state index contributed by atoms with van der Waals surface area (Å²) in [5, 5.41) is 6.12. The minimum Gasteiger partial charge on any atom is -0.493 e. The largest absolute Gasteiger partial charge is 0.493 e. The zero-order valence-corrected chi connectivity index (χ0v) is 20.9. The number of nitrogens with one attached hydrogen (secondary N) is 2. The number of ether oxygens (including phenoxy) is 2. The number of benzene rings is 2. The van der Waals surface area contributed by atoms with Crippen molar-refractivity contribution in [1.29, 1.82) is 0 Å². The highest BCUT2D eigenvalue weighted by atomic mass is 35.5. The molecule has 1 aromatic heterocycles. The zero-order valence-electron chi connectivity index (χ0n) is 19.2. The molecule has 0 aliphatic carbocycles. The molecule has 0 radical (unpaired) electrons. The van der Waals surface area contributed by atoms with Crippen molar-refractivity contribution in [2.75, 3.05) is 39.2 Å². The molecular formula is C24H31Cl2N5O3. The average Bonchev–Trinajstić information content (AvgIpc) is 2.84. The van der Waals surface area contributed by atoms with Gasteiger partial charge in [0.1, 0.15) is 0 Å². The molecule has 0 bridgehead atoms. The summed E-state index contributed by atoms with van der Waals surface area (Å²) < 4.78 is 10.6. The summed E-state index contributed by atoms with van der Waals surface area (Å²) in [5.74, 6) is 1.81. The Balaban J connectivity index is 0.00000289. The number of hydrogen-bond acceptors (Lipinski definition) is 7. The van der Waals surface area contributed by atoms with E-state index in [1.807, 2.05) is 42.5 Å². The number of nitrogens with two attached hydrogens (primary N) is 1. The Kier molecular flexibility index (Phi) is 12.7. The van der Waals surface area contributed by atoms with Crippen LogP contribution >= 0.6 is 24.8 Å². The lowest BCUT2D eigenvalue weighted by Gasteiger charge is -2.10. The summed E-state index contributed by atoms with van der Waals surface area (Å²) in [6.45, 7) is 1.76. The highest BCUT2D eigenvalue weighted by molar-refractivity contribution is 5.95. The number of rotatable bonds is 11. The molecule has 3 rings (SSSR count). The van der Waals surface area contributed by atoms with E-state index in [-0.39, 0.29) is 30.7 Å². The second-order valence-electron chi connectivity index (χ2n) is 7.11. The molecule has 2 aromatic carbocycles. The van der Waals surface area contributed by atoms with Crippen molar-refractivity contribution in [3.05, 3.63) is 65.9 Å². The van der Waals surface area contributed by atoms with Crippen LogP contribution in [0.2, 0.25) is 0 Å². The molecule has 1 amide bonds. The SMILES string of the molecule is COc1ccc(CCNc2nccc(-c3cccc(C(=O)NCCCN)c3)n2)cc1OC.Cl.Cl. The maximum Gasteiger partial charge on any atom is 0.251 e. The van der Waals surface area contributed by atoms with Crippen molar-refractivity contribution in [2.24, 2.45) is 5.73 Å². The van der Waals surface area contributed by atoms with Crippen molar-refractivity contribution in [3.63, 3.8) is 0 Å². The molecule has 3 aromatic rings. The molecule has 10 heteroatoms. The van der Waals surface area contributed by atoms with Gasteiger partial charge >= 0.3 is 0 Å². The molecular weight excluding hydrogens is 477 g/mol. The van der Waals surface area contributed by atoms with E-state index in [2.05, 4.69) is 20.6 Å². The van der Waals surface area contributed by atoms with Gasteiger partial charge in [-0.25, -0.2) is 9.97 Å². The van der Waals surface area contributed by atoms with Crippen LogP contribution in [-0.2, 0) is 6.42 Å². The Morgan fingerprint density at radius 3 is 2.53 bits per heavy atom. The molecule has 1 heterocycles. The number of nitrogens with zero attached hydrogens (tertiary/aromatic N) is 2. The van der Waals surface area contributed by atoms with E-state index in [1.54, 1.807) is 26.5 Å². The van der Waals surface area contributed by atoms with E-state index in [4.69, 9.17) is 15.2 Å². The van der Waals surface area contributed by atoms with Crippen LogP contribution in [0.4, 0.5) is 5.95 Å². The minimum absolute atomic E-state index is 0. The summed E-state index contributed by atoms with van der Waals surface area (Å²) >= 11 is 0. The van der Waals surface area contributed by atoms with Gasteiger partial charge in [0.2, 0.25) is 5.95 Å². The van der Waals surface area contributed by atoms with Crippen LogP contribution in [0.3, 0.4) is 0 Å². The lowest BCUT2D eigenvalue weighted by molar-refractivity contribution is 0.0953. The Morgan fingerprint density at radius 2 is 1.79 bits per heavy atom. The number of carbonyl (C=O) groups is 1. The number of halogens is 2. The van der Waals surface area contributed by atoms with E-state index >= 15 is 0 Å². The van der Waals surface area contributed by atoms with Crippen LogP contribution < -0.4 is 25.8 Å². The molecule has 8 nitrogen and oxygen atoms in total. The van der Waals surface area contributed by atoms with Gasteiger partial charge in [-0.1, -0.05) is 18.2 Å². The Bertz CT molecular complexity index is 1050. The van der Waals surface area contributed by atoms with Crippen LogP contribution in [0.25, 0.3) is 11.3 Å². The van der Waals surface area contributed by atoms with E-state index < -0.39 is 0 Å². The maximum absolute atomic E-state index is 12.3. The Hall–Kier alpha value is -3.07. The third-order valence-corrected chi connectivity index (χ3v) is 4.89. The number of amides is 1. The summed E-state index contributed by atoms with van der Waals surface area (Å²) in [7, 11) is 3.24. The standard InChI is InChI=1S/C24H29N5O3.2ClH/c1-31-21-8-7-17(15-22(21)32-2)9-13-27-24-28-14-10-20(29-24)18-5-3-6-19(16-18)23(30)26-12-4-11-25;;/h3,5-8,10,14-16H,4,9,11-13,25H2,1-2H3,(H,26,30)(H,27,28,29);2*1H. The van der Waals surface area contributed by atoms with E-state index in [1.165, 1.54) is 0 Å². The molecule has 0 aliphatic heterocycles. The second kappa shape index (κ2) is 15.0. The first-order chi connectivity index (χ1) is 15.6. The van der Waals surface area contributed by atoms with Gasteiger partial charge in [0.05, 0.1) is 19.9 Å². The molecule has 4 N–H and O–H groups in total. The monoisotopic (exact) mass is 507 g/mol. The van der Waals surface area contributed by atoms with Crippen LogP contribution in [0.5, 0.6) is 11.5 Å². The van der Waals surface area contributed by atoms with Crippen molar-refractivity contribution in [1.82, 2.24) is 15.3 Å². The first-order valence-corrected chi connectivity index (χ1v) is 10.5. The highest BCUT2D eigenvalue weighted by Gasteiger charge is 2.09. The van der Waals surface area contributed by atoms with Crippen LogP contribution in [0.15, 0.2) is 54.7 Å². The van der Waals surface area contributed by atoms with E-state index in [0.717, 1.165) is 29.7 Å². The van der Waals surface area contributed by atoms with Gasteiger partial charge in [-0.3, -0.25) is 4.79 Å². The first-order valence-electron chi connectivity index (χ1n) is 10.5. The number of carbonyl (C=O) groups excluding carboxylic acids is 1. The predicted octanol–water partition coefficient (Wildman–Crippen LogP) is 3.74. The van der Waals surface area contributed by atoms with Gasteiger partial charge in [0.15, 0.2) is 11.5 Å². The van der Waals surface area contributed by atoms with Crippen molar-refractivity contribution < 1.29 is 14.3 Å². The van der Waals surface area contributed by atoms with Crippen molar-refractivity contribution >= 4 is 36.7 Å². The van der Waals surface area contributed by atoms with Gasteiger partial charge in [0.25, 0.3) is 5.91 Å². The zero-order chi connectivity index (χ0) is 22.8. The lowest BCUT2D eigenvalue weighted by Crippen LogP contribution is -2.25. The minimum atomic E-state index is -0.123. The molecule has 184 valence electrons. The quantitative estimate of drug-likeness (QED) is 0.339. The van der Waals surface area contributed by atoms with Crippen LogP contribution in [-0.4, -0.2) is 49.7 Å². The van der Waals surface area contributed by atoms with Gasteiger partial charge in [-0.05, 0) is 55.3 Å². The van der Waals surface area contributed by atoms with Crippen LogP contribution in [0, 0.1) is 0 Å². The first kappa shape index (κ1) is 29.0. The molecule has 0 spiro atoms. The summed E-state index contributed by atoms with van der Waals surface area (Å²) in [5.41, 5.74) is 8.76.